The SMILES string of the molecule is CB(C)c1ccc(N(C)c2ccc(N(C)C)cc2)cc1. The summed E-state index contributed by atoms with van der Waals surface area (Å²) in [6.45, 7) is 5.02. The zero-order chi connectivity index (χ0) is 14.7. The Hall–Kier alpha value is -1.90. The van der Waals surface area contributed by atoms with Crippen LogP contribution >= 0.6 is 0 Å². The molecule has 0 amide bonds. The van der Waals surface area contributed by atoms with E-state index < -0.39 is 0 Å². The molecule has 0 bridgehead atoms. The quantitative estimate of drug-likeness (QED) is 0.782. The van der Waals surface area contributed by atoms with E-state index in [-0.39, 0.29) is 0 Å². The highest BCUT2D eigenvalue weighted by Gasteiger charge is 2.06. The van der Waals surface area contributed by atoms with Crippen molar-refractivity contribution in [3.63, 3.8) is 0 Å². The third-order valence-electron chi connectivity index (χ3n) is 3.70. The second-order valence-electron chi connectivity index (χ2n) is 5.72. The Morgan fingerprint density at radius 1 is 0.650 bits per heavy atom. The first-order chi connectivity index (χ1) is 9.49. The summed E-state index contributed by atoms with van der Waals surface area (Å²) in [6.07, 6.45) is 0. The summed E-state index contributed by atoms with van der Waals surface area (Å²) in [6, 6.07) is 17.4. The molecule has 0 fully saturated rings. The molecule has 2 rings (SSSR count). The molecule has 104 valence electrons. The molecule has 2 aromatic carbocycles. The smallest absolute Gasteiger partial charge is 0.169 e. The first kappa shape index (κ1) is 14.5. The topological polar surface area (TPSA) is 6.48 Å². The van der Waals surface area contributed by atoms with Gasteiger partial charge < -0.3 is 9.80 Å². The summed E-state index contributed by atoms with van der Waals surface area (Å²) >= 11 is 0. The van der Waals surface area contributed by atoms with E-state index in [2.05, 4.69) is 93.1 Å². The summed E-state index contributed by atoms with van der Waals surface area (Å²) in [7, 11) is 6.22. The van der Waals surface area contributed by atoms with Gasteiger partial charge in [-0.25, -0.2) is 0 Å². The third-order valence-corrected chi connectivity index (χ3v) is 3.70. The Morgan fingerprint density at radius 2 is 1.05 bits per heavy atom. The lowest BCUT2D eigenvalue weighted by atomic mass is 9.49. The molecule has 0 heterocycles. The minimum Gasteiger partial charge on any atom is -0.378 e. The predicted molar refractivity (Wildman–Crippen MR) is 92.4 cm³/mol. The fraction of sp³-hybridized carbons (Fsp3) is 0.294. The largest absolute Gasteiger partial charge is 0.378 e. The molecule has 3 heteroatoms. The molecule has 0 atom stereocenters. The average Bonchev–Trinajstić information content (AvgIpc) is 2.46. The van der Waals surface area contributed by atoms with Crippen molar-refractivity contribution in [2.75, 3.05) is 30.9 Å². The van der Waals surface area contributed by atoms with E-state index in [1.165, 1.54) is 22.5 Å². The predicted octanol–water partition coefficient (Wildman–Crippen LogP) is 3.48. The molecule has 2 aromatic rings. The maximum atomic E-state index is 2.22. The van der Waals surface area contributed by atoms with Gasteiger partial charge in [0, 0.05) is 38.2 Å². The zero-order valence-electron chi connectivity index (χ0n) is 13.1. The summed E-state index contributed by atoms with van der Waals surface area (Å²) < 4.78 is 0. The first-order valence-electron chi connectivity index (χ1n) is 7.10. The van der Waals surface area contributed by atoms with E-state index in [0.717, 1.165) is 0 Å². The van der Waals surface area contributed by atoms with Crippen molar-refractivity contribution in [3.05, 3.63) is 48.5 Å². The van der Waals surface area contributed by atoms with Crippen LogP contribution in [0.25, 0.3) is 0 Å². The lowest BCUT2D eigenvalue weighted by molar-refractivity contribution is 1.13. The number of rotatable bonds is 4. The van der Waals surface area contributed by atoms with E-state index in [1.54, 1.807) is 0 Å². The summed E-state index contributed by atoms with van der Waals surface area (Å²) in [5.41, 5.74) is 5.02. The Balaban J connectivity index is 2.19. The number of anilines is 3. The van der Waals surface area contributed by atoms with Crippen LogP contribution in [0.4, 0.5) is 17.1 Å². The van der Waals surface area contributed by atoms with Crippen LogP contribution in [0.3, 0.4) is 0 Å². The molecule has 0 N–H and O–H groups in total. The van der Waals surface area contributed by atoms with Gasteiger partial charge in [0.2, 0.25) is 0 Å². The van der Waals surface area contributed by atoms with Gasteiger partial charge in [-0.1, -0.05) is 31.2 Å². The van der Waals surface area contributed by atoms with Crippen molar-refractivity contribution in [2.24, 2.45) is 0 Å². The van der Waals surface area contributed by atoms with Gasteiger partial charge in [-0.3, -0.25) is 0 Å². The van der Waals surface area contributed by atoms with Crippen molar-refractivity contribution in [1.29, 1.82) is 0 Å². The number of hydrogen-bond donors (Lipinski definition) is 0. The number of hydrogen-bond acceptors (Lipinski definition) is 2. The van der Waals surface area contributed by atoms with Gasteiger partial charge in [0.25, 0.3) is 0 Å². The van der Waals surface area contributed by atoms with Crippen molar-refractivity contribution in [2.45, 2.75) is 13.6 Å². The van der Waals surface area contributed by atoms with Crippen molar-refractivity contribution in [1.82, 2.24) is 0 Å². The Morgan fingerprint density at radius 3 is 1.45 bits per heavy atom. The average molecular weight is 266 g/mol. The minimum atomic E-state index is 0.578. The van der Waals surface area contributed by atoms with E-state index in [9.17, 15) is 0 Å². The molecular weight excluding hydrogens is 243 g/mol. The second-order valence-corrected chi connectivity index (χ2v) is 5.72. The van der Waals surface area contributed by atoms with Crippen LogP contribution in [0.15, 0.2) is 48.5 Å². The highest BCUT2D eigenvalue weighted by atomic mass is 15.1. The molecule has 0 aliphatic carbocycles. The fourth-order valence-corrected chi connectivity index (χ4v) is 2.21. The monoisotopic (exact) mass is 266 g/mol. The van der Waals surface area contributed by atoms with Crippen molar-refractivity contribution < 1.29 is 0 Å². The minimum absolute atomic E-state index is 0.578. The Bertz CT molecular complexity index is 493. The standard InChI is InChI=1S/C17H23BN2/c1-18(2)14-6-8-16(9-7-14)20(5)17-12-10-15(11-13-17)19(3)4/h6-13H,1-5H3. The molecule has 0 aliphatic heterocycles. The molecule has 0 spiro atoms. The van der Waals surface area contributed by atoms with Crippen molar-refractivity contribution in [3.8, 4) is 0 Å². The number of benzene rings is 2. The van der Waals surface area contributed by atoms with Gasteiger partial charge >= 0.3 is 0 Å². The van der Waals surface area contributed by atoms with Crippen LogP contribution in [-0.4, -0.2) is 27.9 Å². The normalized spacial score (nSPS) is 10.2. The van der Waals surface area contributed by atoms with E-state index in [1.807, 2.05) is 0 Å². The Labute approximate surface area is 123 Å². The van der Waals surface area contributed by atoms with Crippen LogP contribution in [0, 0.1) is 0 Å². The van der Waals surface area contributed by atoms with Crippen LogP contribution in [0.2, 0.25) is 13.6 Å². The van der Waals surface area contributed by atoms with Gasteiger partial charge in [-0.15, -0.1) is 0 Å². The van der Waals surface area contributed by atoms with Crippen LogP contribution in [0.1, 0.15) is 0 Å². The third kappa shape index (κ3) is 3.16. The maximum Gasteiger partial charge on any atom is 0.169 e. The van der Waals surface area contributed by atoms with E-state index in [0.29, 0.717) is 6.71 Å². The molecule has 0 saturated heterocycles. The van der Waals surface area contributed by atoms with Gasteiger partial charge in [-0.2, -0.15) is 0 Å². The van der Waals surface area contributed by atoms with Gasteiger partial charge in [0.1, 0.15) is 0 Å². The molecule has 20 heavy (non-hydrogen) atoms. The fourth-order valence-electron chi connectivity index (χ4n) is 2.21. The zero-order valence-corrected chi connectivity index (χ0v) is 13.1. The number of nitrogens with zero attached hydrogens (tertiary/aromatic N) is 2. The Kier molecular flexibility index (Phi) is 4.38. The highest BCUT2D eigenvalue weighted by Crippen LogP contribution is 2.24. The van der Waals surface area contributed by atoms with Gasteiger partial charge in [0.15, 0.2) is 6.71 Å². The van der Waals surface area contributed by atoms with Crippen LogP contribution in [0.5, 0.6) is 0 Å². The molecule has 0 aliphatic rings. The highest BCUT2D eigenvalue weighted by molar-refractivity contribution is 6.70. The van der Waals surface area contributed by atoms with E-state index >= 15 is 0 Å². The molecule has 0 radical (unpaired) electrons. The molecular formula is C17H23BN2. The molecule has 0 unspecified atom stereocenters. The second kappa shape index (κ2) is 6.04. The summed E-state index contributed by atoms with van der Waals surface area (Å²) in [5.74, 6) is 0. The maximum absolute atomic E-state index is 2.22. The summed E-state index contributed by atoms with van der Waals surface area (Å²) in [5, 5.41) is 0. The molecule has 0 aromatic heterocycles. The lowest BCUT2D eigenvalue weighted by Gasteiger charge is -2.21. The van der Waals surface area contributed by atoms with E-state index in [4.69, 9.17) is 0 Å². The first-order valence-corrected chi connectivity index (χ1v) is 7.10. The van der Waals surface area contributed by atoms with Crippen LogP contribution < -0.4 is 15.3 Å². The summed E-state index contributed by atoms with van der Waals surface area (Å²) in [4.78, 5) is 4.32. The van der Waals surface area contributed by atoms with Gasteiger partial charge in [0.05, 0.1) is 0 Å². The molecule has 0 saturated carbocycles. The molecule has 2 nitrogen and oxygen atoms in total. The van der Waals surface area contributed by atoms with Crippen molar-refractivity contribution >= 4 is 29.2 Å². The van der Waals surface area contributed by atoms with Gasteiger partial charge in [-0.05, 0) is 36.4 Å². The van der Waals surface area contributed by atoms with Crippen LogP contribution in [-0.2, 0) is 0 Å². The lowest BCUT2D eigenvalue weighted by Crippen LogP contribution is -2.22.